The van der Waals surface area contributed by atoms with Gasteiger partial charge in [-0.25, -0.2) is 4.79 Å². The van der Waals surface area contributed by atoms with Crippen molar-refractivity contribution in [2.45, 2.75) is 65.3 Å². The highest BCUT2D eigenvalue weighted by Crippen LogP contribution is 2.24. The fourth-order valence-electron chi connectivity index (χ4n) is 3.18. The summed E-state index contributed by atoms with van der Waals surface area (Å²) in [6.07, 6.45) is 0.758. The number of aliphatic hydroxyl groups excluding tert-OH is 1. The second-order valence-corrected chi connectivity index (χ2v) is 7.76. The van der Waals surface area contributed by atoms with E-state index in [1.165, 1.54) is 7.11 Å². The fraction of sp³-hybridized carbons (Fsp3) is 0.600. The van der Waals surface area contributed by atoms with Crippen LogP contribution in [-0.4, -0.2) is 50.1 Å². The number of hydrogen-bond donors (Lipinski definition) is 1. The van der Waals surface area contributed by atoms with Crippen molar-refractivity contribution in [3.63, 3.8) is 0 Å². The van der Waals surface area contributed by atoms with E-state index in [-0.39, 0.29) is 24.2 Å². The molecule has 1 N–H and O–H groups in total. The molecule has 0 radical (unpaired) electrons. The summed E-state index contributed by atoms with van der Waals surface area (Å²) in [7, 11) is 2.90. The third kappa shape index (κ3) is 10.2. The van der Waals surface area contributed by atoms with Crippen molar-refractivity contribution in [3.05, 3.63) is 29.8 Å². The average Bonchev–Trinajstić information content (AvgIpc) is 2.81. The number of ether oxygens (including phenoxy) is 4. The largest absolute Gasteiger partial charge is 0.497 e. The van der Waals surface area contributed by atoms with Gasteiger partial charge >= 0.3 is 11.9 Å². The minimum atomic E-state index is -0.707. The highest BCUT2D eigenvalue weighted by Gasteiger charge is 2.30. The molecule has 0 heterocycles. The van der Waals surface area contributed by atoms with E-state index in [1.807, 2.05) is 38.1 Å². The maximum Gasteiger partial charge on any atom is 0.384 e. The van der Waals surface area contributed by atoms with Crippen LogP contribution in [0.25, 0.3) is 0 Å². The lowest BCUT2D eigenvalue weighted by Crippen LogP contribution is -2.38. The Bertz CT molecular complexity index is 748. The second kappa shape index (κ2) is 15.3. The van der Waals surface area contributed by atoms with Crippen molar-refractivity contribution < 1.29 is 33.6 Å². The van der Waals surface area contributed by atoms with E-state index >= 15 is 0 Å². The van der Waals surface area contributed by atoms with Crippen LogP contribution in [0.4, 0.5) is 0 Å². The Labute approximate surface area is 191 Å². The van der Waals surface area contributed by atoms with Crippen LogP contribution in [0.15, 0.2) is 24.3 Å². The Morgan fingerprint density at radius 3 is 2.41 bits per heavy atom. The third-order valence-electron chi connectivity index (χ3n) is 5.25. The number of esters is 2. The number of benzene rings is 1. The van der Waals surface area contributed by atoms with Crippen LogP contribution in [0.5, 0.6) is 5.75 Å². The van der Waals surface area contributed by atoms with Crippen LogP contribution < -0.4 is 4.74 Å². The molecule has 0 saturated heterocycles. The summed E-state index contributed by atoms with van der Waals surface area (Å²) in [5, 5.41) is 10.8. The van der Waals surface area contributed by atoms with Gasteiger partial charge in [0.05, 0.1) is 33.5 Å². The summed E-state index contributed by atoms with van der Waals surface area (Å²) in [5.74, 6) is 4.60. The summed E-state index contributed by atoms with van der Waals surface area (Å²) < 4.78 is 21.0. The standard InChI is InChI=1S/C25H36O7/c1-6-23(26)32-22(10-8-7-9-11-24(27)30-5)19(3)25(28)18(2)16-31-17-20-12-14-21(29-4)15-13-20/h12-15,18-19,22,25,28H,6-8,10,16-17H2,1-5H3/t18-,19-,22-,25-/m1/s1. The summed E-state index contributed by atoms with van der Waals surface area (Å²) in [5.41, 5.74) is 1.02. The number of hydrogen-bond acceptors (Lipinski definition) is 7. The maximum absolute atomic E-state index is 11.9. The zero-order chi connectivity index (χ0) is 23.9. The monoisotopic (exact) mass is 448 g/mol. The van der Waals surface area contributed by atoms with Crippen LogP contribution in [0.2, 0.25) is 0 Å². The molecule has 0 spiro atoms. The SMILES string of the molecule is CCC(=O)O[C@H](CCCC#CC(=O)OC)[C@@H](C)[C@H](O)[C@H](C)COCc1ccc(OC)cc1. The first-order valence-electron chi connectivity index (χ1n) is 11.0. The molecule has 7 heteroatoms. The minimum absolute atomic E-state index is 0.148. The molecule has 0 bridgehead atoms. The molecule has 1 rings (SSSR count). The highest BCUT2D eigenvalue weighted by atomic mass is 16.5. The summed E-state index contributed by atoms with van der Waals surface area (Å²) in [4.78, 5) is 22.9. The molecule has 178 valence electrons. The number of aliphatic hydroxyl groups is 1. The molecular weight excluding hydrogens is 412 g/mol. The second-order valence-electron chi connectivity index (χ2n) is 7.76. The van der Waals surface area contributed by atoms with Gasteiger partial charge in [-0.3, -0.25) is 4.79 Å². The van der Waals surface area contributed by atoms with E-state index in [4.69, 9.17) is 14.2 Å². The zero-order valence-corrected chi connectivity index (χ0v) is 19.8. The molecule has 32 heavy (non-hydrogen) atoms. The lowest BCUT2D eigenvalue weighted by Gasteiger charge is -2.31. The molecule has 0 saturated carbocycles. The smallest absolute Gasteiger partial charge is 0.384 e. The number of unbranched alkanes of at least 4 members (excludes halogenated alkanes) is 1. The quantitative estimate of drug-likeness (QED) is 0.214. The van der Waals surface area contributed by atoms with E-state index in [0.717, 1.165) is 11.3 Å². The predicted molar refractivity (Wildman–Crippen MR) is 121 cm³/mol. The first-order chi connectivity index (χ1) is 15.3. The van der Waals surface area contributed by atoms with Gasteiger partial charge in [-0.2, -0.15) is 0 Å². The van der Waals surface area contributed by atoms with Crippen LogP contribution in [0.3, 0.4) is 0 Å². The van der Waals surface area contributed by atoms with Crippen molar-refractivity contribution in [2.75, 3.05) is 20.8 Å². The van der Waals surface area contributed by atoms with Gasteiger partial charge in [0.15, 0.2) is 0 Å². The van der Waals surface area contributed by atoms with E-state index in [9.17, 15) is 14.7 Å². The van der Waals surface area contributed by atoms with Gasteiger partial charge in [-0.05, 0) is 30.5 Å². The molecule has 0 aromatic heterocycles. The van der Waals surface area contributed by atoms with Gasteiger partial charge < -0.3 is 24.1 Å². The summed E-state index contributed by atoms with van der Waals surface area (Å²) in [6.45, 7) is 6.32. The van der Waals surface area contributed by atoms with Gasteiger partial charge in [0.25, 0.3) is 0 Å². The number of carbonyl (C=O) groups is 2. The fourth-order valence-corrected chi connectivity index (χ4v) is 3.18. The van der Waals surface area contributed by atoms with Crippen LogP contribution in [0.1, 0.15) is 52.0 Å². The van der Waals surface area contributed by atoms with Crippen LogP contribution >= 0.6 is 0 Å². The predicted octanol–water partition coefficient (Wildman–Crippen LogP) is 3.51. The van der Waals surface area contributed by atoms with Crippen LogP contribution in [-0.2, 0) is 30.4 Å². The van der Waals surface area contributed by atoms with Crippen molar-refractivity contribution in [2.24, 2.45) is 11.8 Å². The molecule has 0 aliphatic carbocycles. The molecule has 0 aliphatic heterocycles. The number of rotatable bonds is 13. The van der Waals surface area contributed by atoms with Gasteiger partial charge in [0.2, 0.25) is 0 Å². The topological polar surface area (TPSA) is 91.3 Å². The highest BCUT2D eigenvalue weighted by molar-refractivity contribution is 5.88. The number of methoxy groups -OCH3 is 2. The van der Waals surface area contributed by atoms with E-state index in [0.29, 0.717) is 32.5 Å². The van der Waals surface area contributed by atoms with Crippen molar-refractivity contribution in [1.29, 1.82) is 0 Å². The van der Waals surface area contributed by atoms with E-state index < -0.39 is 18.2 Å². The Hall–Kier alpha value is -2.56. The third-order valence-corrected chi connectivity index (χ3v) is 5.25. The molecule has 1 aromatic rings. The lowest BCUT2D eigenvalue weighted by atomic mass is 9.87. The Morgan fingerprint density at radius 1 is 1.12 bits per heavy atom. The molecule has 4 atom stereocenters. The molecule has 0 unspecified atom stereocenters. The Kier molecular flexibility index (Phi) is 13.1. The Morgan fingerprint density at radius 2 is 1.81 bits per heavy atom. The molecule has 1 aromatic carbocycles. The minimum Gasteiger partial charge on any atom is -0.497 e. The van der Waals surface area contributed by atoms with E-state index in [2.05, 4.69) is 16.6 Å². The first-order valence-corrected chi connectivity index (χ1v) is 11.0. The number of carbonyl (C=O) groups excluding carboxylic acids is 2. The van der Waals surface area contributed by atoms with Crippen molar-refractivity contribution in [1.82, 2.24) is 0 Å². The average molecular weight is 449 g/mol. The lowest BCUT2D eigenvalue weighted by molar-refractivity contribution is -0.155. The van der Waals surface area contributed by atoms with Gasteiger partial charge in [0, 0.05) is 30.6 Å². The van der Waals surface area contributed by atoms with Gasteiger partial charge in [-0.15, -0.1) is 0 Å². The van der Waals surface area contributed by atoms with Crippen molar-refractivity contribution in [3.8, 4) is 17.6 Å². The van der Waals surface area contributed by atoms with E-state index in [1.54, 1.807) is 14.0 Å². The van der Waals surface area contributed by atoms with Gasteiger partial charge in [-0.1, -0.05) is 38.8 Å². The first kappa shape index (κ1) is 27.5. The molecule has 7 nitrogen and oxygen atoms in total. The molecular formula is C25H36O7. The summed E-state index contributed by atoms with van der Waals surface area (Å²) >= 11 is 0. The maximum atomic E-state index is 11.9. The van der Waals surface area contributed by atoms with Gasteiger partial charge in [0.1, 0.15) is 11.9 Å². The zero-order valence-electron chi connectivity index (χ0n) is 19.8. The summed E-state index contributed by atoms with van der Waals surface area (Å²) in [6, 6.07) is 7.63. The Balaban J connectivity index is 2.58. The van der Waals surface area contributed by atoms with Crippen molar-refractivity contribution >= 4 is 11.9 Å². The normalized spacial score (nSPS) is 14.3. The molecule has 0 aliphatic rings. The molecule has 0 fully saturated rings. The van der Waals surface area contributed by atoms with Crippen LogP contribution in [0, 0.1) is 23.7 Å². The molecule has 0 amide bonds.